The largest absolute Gasteiger partial charge is 0.505 e. The number of rotatable bonds is 6. The fraction of sp³-hybridized carbons (Fsp3) is 0.406. The first kappa shape index (κ1) is 27.8. The number of nitrogens with zero attached hydrogens (tertiary/aromatic N) is 6. The fourth-order valence-corrected chi connectivity index (χ4v) is 6.51. The second-order valence-corrected chi connectivity index (χ2v) is 11.2. The van der Waals surface area contributed by atoms with E-state index in [-0.39, 0.29) is 17.7 Å². The highest BCUT2D eigenvalue weighted by molar-refractivity contribution is 5.96. The molecule has 1 atom stereocenters. The van der Waals surface area contributed by atoms with Gasteiger partial charge in [-0.3, -0.25) is 4.79 Å². The SMILES string of the molecule is C=CC(=O)N1CCN(c2c(C#N)c(OC[C@@H]3CCCN3C)nc3c2CCN(c2cc(O)c(F)c4ccccc24)C3)CC1. The molecule has 2 aromatic carbocycles. The van der Waals surface area contributed by atoms with Crippen LogP contribution in [0.25, 0.3) is 10.8 Å². The van der Waals surface area contributed by atoms with Gasteiger partial charge in [0.05, 0.1) is 17.9 Å². The summed E-state index contributed by atoms with van der Waals surface area (Å²) in [5.74, 6) is -0.793. The van der Waals surface area contributed by atoms with Crippen LogP contribution in [0.15, 0.2) is 43.0 Å². The number of pyridine rings is 1. The van der Waals surface area contributed by atoms with Gasteiger partial charge in [0.15, 0.2) is 11.6 Å². The van der Waals surface area contributed by atoms with E-state index >= 15 is 0 Å². The normalized spacial score (nSPS) is 19.1. The Bertz CT molecular complexity index is 1580. The van der Waals surface area contributed by atoms with Crippen molar-refractivity contribution in [2.45, 2.75) is 31.8 Å². The van der Waals surface area contributed by atoms with Crippen molar-refractivity contribution in [1.29, 1.82) is 5.26 Å². The maximum Gasteiger partial charge on any atom is 0.246 e. The molecule has 1 aromatic heterocycles. The zero-order chi connectivity index (χ0) is 29.4. The summed E-state index contributed by atoms with van der Waals surface area (Å²) in [4.78, 5) is 25.5. The Balaban J connectivity index is 1.38. The van der Waals surface area contributed by atoms with Gasteiger partial charge in [0.1, 0.15) is 18.2 Å². The quantitative estimate of drug-likeness (QED) is 0.447. The standard InChI is InChI=1S/C32H35FN6O3/c1-3-29(41)37-13-15-38(16-14-37)31-24-10-12-39(27-17-28(40)30(33)23-9-5-4-8-22(23)27)19-26(24)35-32(25(31)18-34)42-20-21-7-6-11-36(21)2/h3-5,8-9,17,21,40H,1,6-7,10-16,19-20H2,2H3/t21-/m0/s1. The molecule has 1 N–H and O–H groups in total. The molecular weight excluding hydrogens is 535 g/mol. The third kappa shape index (κ3) is 4.98. The maximum atomic E-state index is 14.8. The van der Waals surface area contributed by atoms with E-state index < -0.39 is 5.82 Å². The number of benzene rings is 2. The summed E-state index contributed by atoms with van der Waals surface area (Å²) in [5, 5.41) is 21.9. The molecule has 3 aromatic rings. The lowest BCUT2D eigenvalue weighted by Crippen LogP contribution is -2.49. The first-order valence-electron chi connectivity index (χ1n) is 14.5. The maximum absolute atomic E-state index is 14.8. The molecule has 6 rings (SSSR count). The van der Waals surface area contributed by atoms with Gasteiger partial charge in [-0.05, 0) is 38.9 Å². The third-order valence-corrected chi connectivity index (χ3v) is 8.85. The Morgan fingerprint density at radius 3 is 2.64 bits per heavy atom. The van der Waals surface area contributed by atoms with Gasteiger partial charge in [0.25, 0.3) is 0 Å². The molecule has 42 heavy (non-hydrogen) atoms. The number of ether oxygens (including phenoxy) is 1. The van der Waals surface area contributed by atoms with Crippen molar-refractivity contribution in [3.8, 4) is 17.7 Å². The number of nitriles is 1. The van der Waals surface area contributed by atoms with Gasteiger partial charge in [-0.25, -0.2) is 9.37 Å². The number of likely N-dealkylation sites (tertiary alicyclic amines) is 1. The van der Waals surface area contributed by atoms with Crippen molar-refractivity contribution in [3.63, 3.8) is 0 Å². The first-order valence-corrected chi connectivity index (χ1v) is 14.5. The van der Waals surface area contributed by atoms with Crippen LogP contribution in [0.5, 0.6) is 11.6 Å². The van der Waals surface area contributed by atoms with E-state index in [1.54, 1.807) is 17.0 Å². The average Bonchev–Trinajstić information content (AvgIpc) is 3.44. The number of hydrogen-bond acceptors (Lipinski definition) is 8. The summed E-state index contributed by atoms with van der Waals surface area (Å²) in [5.41, 5.74) is 3.77. The molecule has 0 radical (unpaired) electrons. The summed E-state index contributed by atoms with van der Waals surface area (Å²) in [6, 6.07) is 11.3. The van der Waals surface area contributed by atoms with E-state index in [2.05, 4.69) is 34.4 Å². The topological polar surface area (TPSA) is 96.2 Å². The van der Waals surface area contributed by atoms with Gasteiger partial charge in [-0.15, -0.1) is 0 Å². The molecule has 4 heterocycles. The van der Waals surface area contributed by atoms with Crippen molar-refractivity contribution < 1.29 is 19.0 Å². The summed E-state index contributed by atoms with van der Waals surface area (Å²) in [6.45, 7) is 8.31. The number of aromatic nitrogens is 1. The van der Waals surface area contributed by atoms with Gasteiger partial charge in [-0.1, -0.05) is 30.8 Å². The van der Waals surface area contributed by atoms with E-state index in [1.165, 1.54) is 12.1 Å². The number of phenols is 1. The minimum atomic E-state index is -0.632. The summed E-state index contributed by atoms with van der Waals surface area (Å²) < 4.78 is 21.1. The lowest BCUT2D eigenvalue weighted by Gasteiger charge is -2.39. The van der Waals surface area contributed by atoms with Crippen LogP contribution in [-0.4, -0.2) is 84.8 Å². The van der Waals surface area contributed by atoms with Crippen LogP contribution in [-0.2, 0) is 17.8 Å². The number of phenolic OH excluding ortho intramolecular Hbond substituents is 1. The summed E-state index contributed by atoms with van der Waals surface area (Å²) in [6.07, 6.45) is 4.09. The number of piperazine rings is 1. The number of anilines is 2. The average molecular weight is 571 g/mol. The fourth-order valence-electron chi connectivity index (χ4n) is 6.51. The van der Waals surface area contributed by atoms with E-state index in [9.17, 15) is 19.6 Å². The molecule has 9 nitrogen and oxygen atoms in total. The molecule has 0 bridgehead atoms. The van der Waals surface area contributed by atoms with Crippen LogP contribution in [0.4, 0.5) is 15.8 Å². The van der Waals surface area contributed by atoms with Gasteiger partial charge in [-0.2, -0.15) is 5.26 Å². The molecule has 3 aliphatic heterocycles. The zero-order valence-corrected chi connectivity index (χ0v) is 23.9. The number of amides is 1. The first-order chi connectivity index (χ1) is 20.4. The second-order valence-electron chi connectivity index (χ2n) is 11.2. The van der Waals surface area contributed by atoms with Gasteiger partial charge >= 0.3 is 0 Å². The highest BCUT2D eigenvalue weighted by Gasteiger charge is 2.32. The van der Waals surface area contributed by atoms with Crippen molar-refractivity contribution in [1.82, 2.24) is 14.8 Å². The molecule has 218 valence electrons. The predicted molar refractivity (Wildman–Crippen MR) is 159 cm³/mol. The van der Waals surface area contributed by atoms with Crippen LogP contribution < -0.4 is 14.5 Å². The van der Waals surface area contributed by atoms with E-state index in [4.69, 9.17) is 9.72 Å². The smallest absolute Gasteiger partial charge is 0.246 e. The molecule has 0 saturated carbocycles. The summed E-state index contributed by atoms with van der Waals surface area (Å²) >= 11 is 0. The molecule has 10 heteroatoms. The summed E-state index contributed by atoms with van der Waals surface area (Å²) in [7, 11) is 2.09. The highest BCUT2D eigenvalue weighted by atomic mass is 19.1. The number of aromatic hydroxyl groups is 1. The zero-order valence-electron chi connectivity index (χ0n) is 23.9. The van der Waals surface area contributed by atoms with E-state index in [1.807, 2.05) is 12.1 Å². The minimum absolute atomic E-state index is 0.0953. The number of halogens is 1. The van der Waals surface area contributed by atoms with Crippen LogP contribution >= 0.6 is 0 Å². The number of hydrogen-bond donors (Lipinski definition) is 1. The lowest BCUT2D eigenvalue weighted by atomic mass is 9.97. The van der Waals surface area contributed by atoms with E-state index in [0.29, 0.717) is 74.5 Å². The van der Waals surface area contributed by atoms with Crippen LogP contribution in [0.2, 0.25) is 0 Å². The van der Waals surface area contributed by atoms with Gasteiger partial charge in [0.2, 0.25) is 11.8 Å². The Labute approximate surface area is 245 Å². The van der Waals surface area contributed by atoms with E-state index in [0.717, 1.165) is 42.0 Å². The second kappa shape index (κ2) is 11.5. The third-order valence-electron chi connectivity index (χ3n) is 8.85. The molecule has 0 unspecified atom stereocenters. The van der Waals surface area contributed by atoms with Crippen molar-refractivity contribution in [3.05, 3.63) is 65.6 Å². The van der Waals surface area contributed by atoms with Crippen molar-refractivity contribution >= 4 is 28.1 Å². The molecule has 2 saturated heterocycles. The highest BCUT2D eigenvalue weighted by Crippen LogP contribution is 2.41. The predicted octanol–water partition coefficient (Wildman–Crippen LogP) is 3.82. The van der Waals surface area contributed by atoms with Gasteiger partial charge < -0.3 is 29.4 Å². The van der Waals surface area contributed by atoms with Crippen molar-refractivity contribution in [2.24, 2.45) is 0 Å². The lowest BCUT2D eigenvalue weighted by molar-refractivity contribution is -0.126. The molecule has 0 aliphatic carbocycles. The molecule has 0 spiro atoms. The molecule has 1 amide bonds. The molecule has 3 aliphatic rings. The molecule has 2 fully saturated rings. The van der Waals surface area contributed by atoms with Crippen LogP contribution in [0, 0.1) is 17.1 Å². The minimum Gasteiger partial charge on any atom is -0.505 e. The molecular formula is C32H35FN6O3. The Hall–Kier alpha value is -4.36. The number of carbonyl (C=O) groups is 1. The van der Waals surface area contributed by atoms with Crippen molar-refractivity contribution in [2.75, 3.05) is 62.7 Å². The number of carbonyl (C=O) groups excluding carboxylic acids is 1. The number of fused-ring (bicyclic) bond motifs is 2. The van der Waals surface area contributed by atoms with Gasteiger partial charge in [0, 0.05) is 66.9 Å². The monoisotopic (exact) mass is 570 g/mol. The Kier molecular flexibility index (Phi) is 7.60. The van der Waals surface area contributed by atoms with Crippen LogP contribution in [0.1, 0.15) is 29.7 Å². The van der Waals surface area contributed by atoms with Crippen LogP contribution in [0.3, 0.4) is 0 Å². The Morgan fingerprint density at radius 2 is 1.95 bits per heavy atom. The number of likely N-dealkylation sites (N-methyl/N-ethyl adjacent to an activating group) is 1. The Morgan fingerprint density at radius 1 is 1.19 bits per heavy atom.